The van der Waals surface area contributed by atoms with Gasteiger partial charge < -0.3 is 5.11 Å². The van der Waals surface area contributed by atoms with Crippen LogP contribution in [0, 0.1) is 23.7 Å². The summed E-state index contributed by atoms with van der Waals surface area (Å²) in [7, 11) is 0. The fraction of sp³-hybridized carbons (Fsp3) is 0.250. The summed E-state index contributed by atoms with van der Waals surface area (Å²) >= 11 is 1.18. The SMILES string of the molecule is C#C[C@@](C)(O)c1nc(C#N)cs1. The Kier molecular flexibility index (Phi) is 2.14. The van der Waals surface area contributed by atoms with Crippen LogP contribution in [0.3, 0.4) is 0 Å². The number of hydrogen-bond acceptors (Lipinski definition) is 4. The molecule has 0 spiro atoms. The van der Waals surface area contributed by atoms with Gasteiger partial charge in [0.2, 0.25) is 0 Å². The number of nitriles is 1. The van der Waals surface area contributed by atoms with Crippen molar-refractivity contribution in [1.29, 1.82) is 5.26 Å². The highest BCUT2D eigenvalue weighted by molar-refractivity contribution is 7.09. The maximum atomic E-state index is 9.51. The Morgan fingerprint density at radius 3 is 2.92 bits per heavy atom. The first-order valence-electron chi connectivity index (χ1n) is 3.16. The number of thiazole rings is 1. The van der Waals surface area contributed by atoms with Crippen LogP contribution in [-0.4, -0.2) is 10.1 Å². The summed E-state index contributed by atoms with van der Waals surface area (Å²) in [5.41, 5.74) is -1.08. The molecule has 0 aliphatic carbocycles. The molecule has 0 aliphatic heterocycles. The van der Waals surface area contributed by atoms with Crippen LogP contribution in [0.5, 0.6) is 0 Å². The Hall–Kier alpha value is -1.36. The maximum absolute atomic E-state index is 9.51. The minimum Gasteiger partial charge on any atom is -0.371 e. The van der Waals surface area contributed by atoms with Gasteiger partial charge in [-0.3, -0.25) is 0 Å². The minimum absolute atomic E-state index is 0.283. The first-order chi connectivity index (χ1) is 5.60. The van der Waals surface area contributed by atoms with E-state index in [1.165, 1.54) is 18.3 Å². The van der Waals surface area contributed by atoms with Gasteiger partial charge in [0, 0.05) is 5.38 Å². The third kappa shape index (κ3) is 1.45. The van der Waals surface area contributed by atoms with Crippen molar-refractivity contribution in [2.75, 3.05) is 0 Å². The summed E-state index contributed by atoms with van der Waals surface area (Å²) < 4.78 is 0. The Morgan fingerprint density at radius 1 is 1.83 bits per heavy atom. The average molecular weight is 178 g/mol. The maximum Gasteiger partial charge on any atom is 0.174 e. The zero-order valence-electron chi connectivity index (χ0n) is 6.40. The van der Waals surface area contributed by atoms with Crippen LogP contribution in [0.2, 0.25) is 0 Å². The van der Waals surface area contributed by atoms with Gasteiger partial charge in [0.05, 0.1) is 0 Å². The Balaban J connectivity index is 3.08. The van der Waals surface area contributed by atoms with E-state index in [4.69, 9.17) is 11.7 Å². The van der Waals surface area contributed by atoms with E-state index in [1.807, 2.05) is 6.07 Å². The van der Waals surface area contributed by atoms with Gasteiger partial charge >= 0.3 is 0 Å². The van der Waals surface area contributed by atoms with Crippen molar-refractivity contribution in [3.8, 4) is 18.4 Å². The van der Waals surface area contributed by atoms with Crippen LogP contribution in [0.4, 0.5) is 0 Å². The molecule has 0 aliphatic rings. The summed E-state index contributed by atoms with van der Waals surface area (Å²) in [6.45, 7) is 1.47. The van der Waals surface area contributed by atoms with E-state index in [-0.39, 0.29) is 5.69 Å². The monoisotopic (exact) mass is 178 g/mol. The van der Waals surface area contributed by atoms with E-state index in [0.29, 0.717) is 5.01 Å². The minimum atomic E-state index is -1.36. The van der Waals surface area contributed by atoms with Crippen molar-refractivity contribution >= 4 is 11.3 Å². The molecule has 0 amide bonds. The zero-order valence-corrected chi connectivity index (χ0v) is 7.22. The zero-order chi connectivity index (χ0) is 9.19. The fourth-order valence-electron chi connectivity index (χ4n) is 0.610. The van der Waals surface area contributed by atoms with E-state index in [1.54, 1.807) is 5.38 Å². The second kappa shape index (κ2) is 2.94. The summed E-state index contributed by atoms with van der Waals surface area (Å²) in [4.78, 5) is 3.84. The van der Waals surface area contributed by atoms with Crippen LogP contribution in [-0.2, 0) is 5.60 Å². The number of aliphatic hydroxyl groups is 1. The Morgan fingerprint density at radius 2 is 2.50 bits per heavy atom. The molecule has 0 bridgehead atoms. The number of rotatable bonds is 1. The van der Waals surface area contributed by atoms with E-state index in [0.717, 1.165) is 0 Å². The molecule has 12 heavy (non-hydrogen) atoms. The molecule has 0 unspecified atom stereocenters. The molecule has 0 saturated carbocycles. The molecule has 60 valence electrons. The molecule has 4 heteroatoms. The van der Waals surface area contributed by atoms with Gasteiger partial charge in [-0.05, 0) is 6.92 Å². The Bertz CT molecular complexity index is 367. The second-order valence-corrected chi connectivity index (χ2v) is 3.22. The van der Waals surface area contributed by atoms with E-state index >= 15 is 0 Å². The van der Waals surface area contributed by atoms with Gasteiger partial charge in [0.25, 0.3) is 0 Å². The third-order valence-corrected chi connectivity index (χ3v) is 2.37. The molecule has 1 N–H and O–H groups in total. The smallest absolute Gasteiger partial charge is 0.174 e. The molecule has 1 aromatic heterocycles. The summed E-state index contributed by atoms with van der Waals surface area (Å²) in [5.74, 6) is 2.19. The number of nitrogens with zero attached hydrogens (tertiary/aromatic N) is 2. The third-order valence-electron chi connectivity index (χ3n) is 1.32. The largest absolute Gasteiger partial charge is 0.371 e. The van der Waals surface area contributed by atoms with Gasteiger partial charge in [-0.1, -0.05) is 5.92 Å². The second-order valence-electron chi connectivity index (χ2n) is 2.37. The molecule has 3 nitrogen and oxygen atoms in total. The molecule has 1 rings (SSSR count). The van der Waals surface area contributed by atoms with Crippen LogP contribution in [0.15, 0.2) is 5.38 Å². The van der Waals surface area contributed by atoms with Crippen LogP contribution < -0.4 is 0 Å². The molecule has 1 atom stereocenters. The number of aromatic nitrogens is 1. The fourth-order valence-corrected chi connectivity index (χ4v) is 1.38. The van der Waals surface area contributed by atoms with Crippen molar-refractivity contribution < 1.29 is 5.11 Å². The van der Waals surface area contributed by atoms with E-state index in [2.05, 4.69) is 10.9 Å². The predicted octanol–water partition coefficient (Wildman–Crippen LogP) is 0.855. The number of terminal acetylenes is 1. The highest BCUT2D eigenvalue weighted by Crippen LogP contribution is 2.22. The first-order valence-corrected chi connectivity index (χ1v) is 4.04. The highest BCUT2D eigenvalue weighted by atomic mass is 32.1. The quantitative estimate of drug-likeness (QED) is 0.649. The summed E-state index contributed by atoms with van der Waals surface area (Å²) in [5, 5.41) is 19.9. The van der Waals surface area contributed by atoms with Gasteiger partial charge in [0.15, 0.2) is 11.3 Å². The van der Waals surface area contributed by atoms with E-state index in [9.17, 15) is 5.11 Å². The van der Waals surface area contributed by atoms with E-state index < -0.39 is 5.60 Å². The topological polar surface area (TPSA) is 56.9 Å². The van der Waals surface area contributed by atoms with Crippen LogP contribution in [0.25, 0.3) is 0 Å². The van der Waals surface area contributed by atoms with Gasteiger partial charge in [-0.15, -0.1) is 17.8 Å². The predicted molar refractivity (Wildman–Crippen MR) is 45.2 cm³/mol. The molecule has 0 saturated heterocycles. The van der Waals surface area contributed by atoms with Crippen molar-refractivity contribution in [1.82, 2.24) is 4.98 Å². The average Bonchev–Trinajstić information content (AvgIpc) is 2.52. The highest BCUT2D eigenvalue weighted by Gasteiger charge is 2.23. The molecule has 0 radical (unpaired) electrons. The summed E-state index contributed by atoms with van der Waals surface area (Å²) in [6.07, 6.45) is 5.07. The number of hydrogen-bond donors (Lipinski definition) is 1. The Labute approximate surface area is 74.3 Å². The van der Waals surface area contributed by atoms with Crippen molar-refractivity contribution in [2.24, 2.45) is 0 Å². The van der Waals surface area contributed by atoms with Crippen LogP contribution >= 0.6 is 11.3 Å². The molecule has 0 fully saturated rings. The molecular formula is C8H6N2OS. The summed E-state index contributed by atoms with van der Waals surface area (Å²) in [6, 6.07) is 1.86. The van der Waals surface area contributed by atoms with Crippen molar-refractivity contribution in [2.45, 2.75) is 12.5 Å². The van der Waals surface area contributed by atoms with Gasteiger partial charge in [-0.2, -0.15) is 5.26 Å². The normalized spacial score (nSPS) is 14.3. The van der Waals surface area contributed by atoms with Crippen LogP contribution in [0.1, 0.15) is 17.6 Å². The molecule has 1 heterocycles. The first kappa shape index (κ1) is 8.73. The van der Waals surface area contributed by atoms with Gasteiger partial charge in [0.1, 0.15) is 11.1 Å². The van der Waals surface area contributed by atoms with Gasteiger partial charge in [-0.25, -0.2) is 4.98 Å². The molecule has 1 aromatic rings. The lowest BCUT2D eigenvalue weighted by Crippen LogP contribution is -2.17. The molecule has 0 aromatic carbocycles. The lowest BCUT2D eigenvalue weighted by molar-refractivity contribution is 0.122. The lowest BCUT2D eigenvalue weighted by atomic mass is 10.1. The standard InChI is InChI=1S/C8H6N2OS/c1-3-8(2,11)7-10-6(4-9)5-12-7/h1,5,11H,2H3/t8-/m1/s1. The van der Waals surface area contributed by atoms with Crippen molar-refractivity contribution in [3.63, 3.8) is 0 Å². The lowest BCUT2D eigenvalue weighted by Gasteiger charge is -2.10. The van der Waals surface area contributed by atoms with Crippen molar-refractivity contribution in [3.05, 3.63) is 16.1 Å². The molecular weight excluding hydrogens is 172 g/mol.